The summed E-state index contributed by atoms with van der Waals surface area (Å²) in [5, 5.41) is 14.1. The lowest BCUT2D eigenvalue weighted by atomic mass is 9.97. The van der Waals surface area contributed by atoms with Crippen LogP contribution in [-0.4, -0.2) is 76.1 Å². The number of nitrogens with one attached hydrogen (secondary N) is 2. The molecule has 4 amide bonds. The van der Waals surface area contributed by atoms with Crippen molar-refractivity contribution in [1.82, 2.24) is 15.5 Å². The first kappa shape index (κ1) is 25.7. The first-order chi connectivity index (χ1) is 14.0. The van der Waals surface area contributed by atoms with Gasteiger partial charge in [-0.2, -0.15) is 12.6 Å². The van der Waals surface area contributed by atoms with Crippen molar-refractivity contribution in [2.45, 2.75) is 63.7 Å². The van der Waals surface area contributed by atoms with E-state index in [9.17, 15) is 29.1 Å². The summed E-state index contributed by atoms with van der Waals surface area (Å²) in [4.78, 5) is 61.7. The molecule has 1 aliphatic heterocycles. The molecule has 1 fully saturated rings. The van der Waals surface area contributed by atoms with Gasteiger partial charge in [-0.3, -0.25) is 19.2 Å². The van der Waals surface area contributed by atoms with Crippen molar-refractivity contribution in [2.75, 3.05) is 12.3 Å². The third-order valence-corrected chi connectivity index (χ3v) is 5.56. The summed E-state index contributed by atoms with van der Waals surface area (Å²) in [7, 11) is 0. The zero-order chi connectivity index (χ0) is 23.0. The van der Waals surface area contributed by atoms with Gasteiger partial charge in [-0.1, -0.05) is 20.3 Å². The molecule has 0 saturated carbocycles. The average Bonchev–Trinajstić information content (AvgIpc) is 3.18. The number of amides is 4. The minimum Gasteiger partial charge on any atom is -0.480 e. The number of likely N-dealkylation sites (tertiary alicyclic amines) is 1. The average molecular weight is 446 g/mol. The Balaban J connectivity index is 2.94. The number of carboxylic acids is 1. The largest absolute Gasteiger partial charge is 0.480 e. The molecular formula is C18H31N5O6S. The van der Waals surface area contributed by atoms with Gasteiger partial charge in [0.25, 0.3) is 0 Å². The van der Waals surface area contributed by atoms with Crippen LogP contribution in [0.2, 0.25) is 0 Å². The van der Waals surface area contributed by atoms with Gasteiger partial charge < -0.3 is 32.1 Å². The van der Waals surface area contributed by atoms with Gasteiger partial charge in [0.05, 0.1) is 12.5 Å². The molecule has 5 unspecified atom stereocenters. The highest BCUT2D eigenvalue weighted by Crippen LogP contribution is 2.19. The van der Waals surface area contributed by atoms with Crippen LogP contribution in [0.5, 0.6) is 0 Å². The van der Waals surface area contributed by atoms with Crippen LogP contribution in [0, 0.1) is 5.92 Å². The molecule has 7 N–H and O–H groups in total. The van der Waals surface area contributed by atoms with Crippen LogP contribution in [0.1, 0.15) is 39.5 Å². The number of aliphatic carboxylic acids is 1. The molecule has 0 bridgehead atoms. The van der Waals surface area contributed by atoms with E-state index in [1.807, 2.05) is 6.92 Å². The van der Waals surface area contributed by atoms with Crippen LogP contribution < -0.4 is 22.1 Å². The van der Waals surface area contributed by atoms with Gasteiger partial charge in [0.1, 0.15) is 18.1 Å². The van der Waals surface area contributed by atoms with E-state index in [4.69, 9.17) is 11.5 Å². The highest BCUT2D eigenvalue weighted by molar-refractivity contribution is 7.80. The number of carboxylic acid groups (broad SMARTS) is 1. The number of rotatable bonds is 11. The standard InChI is InChI=1S/C18H31N5O6S/c1-3-9(2)14(16(26)21-11(18(28)29)7-13(20)24)22-15(25)12-5-4-6-23(12)17(27)10(19)8-30/h9-12,14,30H,3-8,19H2,1-2H3,(H2,20,24)(H,21,26)(H,22,25)(H,28,29). The number of hydrogen-bond donors (Lipinski definition) is 6. The Bertz CT molecular complexity index is 675. The number of hydrogen-bond acceptors (Lipinski definition) is 7. The third-order valence-electron chi connectivity index (χ3n) is 5.17. The predicted octanol–water partition coefficient (Wildman–Crippen LogP) is -1.79. The maximum absolute atomic E-state index is 12.9. The fourth-order valence-corrected chi connectivity index (χ4v) is 3.36. The van der Waals surface area contributed by atoms with Crippen molar-refractivity contribution in [3.05, 3.63) is 0 Å². The Kier molecular flexibility index (Phi) is 10.1. The lowest BCUT2D eigenvalue weighted by Gasteiger charge is -2.30. The number of nitrogens with zero attached hydrogens (tertiary/aromatic N) is 1. The van der Waals surface area contributed by atoms with E-state index in [1.165, 1.54) is 4.90 Å². The zero-order valence-corrected chi connectivity index (χ0v) is 18.1. The van der Waals surface area contributed by atoms with E-state index >= 15 is 0 Å². The molecule has 11 nitrogen and oxygen atoms in total. The van der Waals surface area contributed by atoms with E-state index < -0.39 is 54.3 Å². The van der Waals surface area contributed by atoms with Crippen molar-refractivity contribution in [2.24, 2.45) is 17.4 Å². The van der Waals surface area contributed by atoms with Gasteiger partial charge in [-0.15, -0.1) is 0 Å². The molecule has 30 heavy (non-hydrogen) atoms. The molecule has 1 saturated heterocycles. The summed E-state index contributed by atoms with van der Waals surface area (Å²) >= 11 is 4.02. The second kappa shape index (κ2) is 11.7. The van der Waals surface area contributed by atoms with E-state index in [1.54, 1.807) is 6.92 Å². The number of primary amides is 1. The topological polar surface area (TPSA) is 185 Å². The van der Waals surface area contributed by atoms with Crippen LogP contribution in [-0.2, 0) is 24.0 Å². The minimum absolute atomic E-state index is 0.137. The molecule has 1 heterocycles. The summed E-state index contributed by atoms with van der Waals surface area (Å²) < 4.78 is 0. The fraction of sp³-hybridized carbons (Fsp3) is 0.722. The molecule has 0 aromatic carbocycles. The number of nitrogens with two attached hydrogens (primary N) is 2. The molecule has 0 aromatic rings. The smallest absolute Gasteiger partial charge is 0.326 e. The van der Waals surface area contributed by atoms with E-state index in [2.05, 4.69) is 23.3 Å². The lowest BCUT2D eigenvalue weighted by molar-refractivity contribution is -0.144. The molecule has 12 heteroatoms. The Morgan fingerprint density at radius 1 is 1.23 bits per heavy atom. The van der Waals surface area contributed by atoms with Gasteiger partial charge in [-0.25, -0.2) is 4.79 Å². The second-order valence-electron chi connectivity index (χ2n) is 7.42. The lowest BCUT2D eigenvalue weighted by Crippen LogP contribution is -2.58. The quantitative estimate of drug-likeness (QED) is 0.203. The SMILES string of the molecule is CCC(C)C(NC(=O)C1CCCN1C(=O)C(N)CS)C(=O)NC(CC(N)=O)C(=O)O. The summed E-state index contributed by atoms with van der Waals surface area (Å²) in [6.45, 7) is 3.91. The van der Waals surface area contributed by atoms with Gasteiger partial charge in [-0.05, 0) is 18.8 Å². The number of carbonyl (C=O) groups is 5. The van der Waals surface area contributed by atoms with E-state index in [0.29, 0.717) is 25.8 Å². The van der Waals surface area contributed by atoms with Gasteiger partial charge in [0.2, 0.25) is 23.6 Å². The molecule has 0 aliphatic carbocycles. The van der Waals surface area contributed by atoms with Crippen molar-refractivity contribution in [3.8, 4) is 0 Å². The number of carbonyl (C=O) groups excluding carboxylic acids is 4. The molecule has 0 spiro atoms. The maximum Gasteiger partial charge on any atom is 0.326 e. The highest BCUT2D eigenvalue weighted by atomic mass is 32.1. The third kappa shape index (κ3) is 6.87. The van der Waals surface area contributed by atoms with E-state index in [-0.39, 0.29) is 17.6 Å². The molecule has 1 rings (SSSR count). The monoisotopic (exact) mass is 445 g/mol. The summed E-state index contributed by atoms with van der Waals surface area (Å²) in [6, 6.07) is -4.16. The Hall–Kier alpha value is -2.34. The predicted molar refractivity (Wildman–Crippen MR) is 111 cm³/mol. The molecule has 1 aliphatic rings. The second-order valence-corrected chi connectivity index (χ2v) is 7.79. The fourth-order valence-electron chi connectivity index (χ4n) is 3.21. The molecular weight excluding hydrogens is 414 g/mol. The minimum atomic E-state index is -1.50. The molecule has 0 aromatic heterocycles. The van der Waals surface area contributed by atoms with Crippen LogP contribution in [0.25, 0.3) is 0 Å². The number of thiol groups is 1. The summed E-state index contributed by atoms with van der Waals surface area (Å²) in [6.07, 6.45) is 0.979. The highest BCUT2D eigenvalue weighted by Gasteiger charge is 2.38. The Morgan fingerprint density at radius 3 is 2.37 bits per heavy atom. The van der Waals surface area contributed by atoms with Crippen LogP contribution in [0.4, 0.5) is 0 Å². The van der Waals surface area contributed by atoms with Crippen molar-refractivity contribution in [3.63, 3.8) is 0 Å². The zero-order valence-electron chi connectivity index (χ0n) is 17.2. The Labute approximate surface area is 180 Å². The first-order valence-corrected chi connectivity index (χ1v) is 10.4. The molecule has 5 atom stereocenters. The van der Waals surface area contributed by atoms with Crippen molar-refractivity contribution < 1.29 is 29.1 Å². The molecule has 0 radical (unpaired) electrons. The van der Waals surface area contributed by atoms with Crippen molar-refractivity contribution in [1.29, 1.82) is 0 Å². The Morgan fingerprint density at radius 2 is 1.87 bits per heavy atom. The van der Waals surface area contributed by atoms with Crippen molar-refractivity contribution >= 4 is 42.2 Å². The van der Waals surface area contributed by atoms with Crippen LogP contribution in [0.3, 0.4) is 0 Å². The van der Waals surface area contributed by atoms with Gasteiger partial charge in [0, 0.05) is 12.3 Å². The van der Waals surface area contributed by atoms with Crippen LogP contribution in [0.15, 0.2) is 0 Å². The van der Waals surface area contributed by atoms with E-state index in [0.717, 1.165) is 0 Å². The molecule has 170 valence electrons. The van der Waals surface area contributed by atoms with Gasteiger partial charge in [0.15, 0.2) is 0 Å². The summed E-state index contributed by atoms with van der Waals surface area (Å²) in [5.74, 6) is -4.14. The first-order valence-electron chi connectivity index (χ1n) is 9.82. The summed E-state index contributed by atoms with van der Waals surface area (Å²) in [5.41, 5.74) is 10.8. The van der Waals surface area contributed by atoms with Crippen LogP contribution >= 0.6 is 12.6 Å². The maximum atomic E-state index is 12.9. The normalized spacial score (nSPS) is 20.0. The van der Waals surface area contributed by atoms with Gasteiger partial charge >= 0.3 is 5.97 Å².